The molecule has 1 aliphatic carbocycles. The lowest BCUT2D eigenvalue weighted by molar-refractivity contribution is 0.590. The molecule has 2 heterocycles. The van der Waals surface area contributed by atoms with Crippen molar-refractivity contribution in [2.24, 2.45) is 0 Å². The zero-order chi connectivity index (χ0) is 69.2. The van der Waals surface area contributed by atoms with E-state index in [2.05, 4.69) is 349 Å². The van der Waals surface area contributed by atoms with Crippen molar-refractivity contribution in [1.82, 2.24) is 0 Å². The van der Waals surface area contributed by atoms with Crippen molar-refractivity contribution < 1.29 is 6.85 Å². The topological polar surface area (TPSA) is 6.48 Å². The molecule has 0 saturated carbocycles. The van der Waals surface area contributed by atoms with Crippen LogP contribution in [0, 0.1) is 0 Å². The Balaban J connectivity index is 1.10. The standard InChI is InChI=1S/C93H73BN2/c1-91(2,3)71-58-76(63-35-16-8-17-36-63)89(77(59-71)64-37-18-9-19-38-64)95-83-52-31-30-51-81(83)94-82-55-67(62-33-14-7-15-34-62)53-54-84(82)96(90-78(65-39-20-10-21-40-65)60-72(92(4,5)6)61-79(90)66-41-22-11-23-42-66)86-57-68(56-85(95)88(86)94)73-48-32-49-75-74-47-28-29-50-80(74)93(87(73)75,69-43-24-12-25-44-69)70-45-26-13-27-46-70/h7-61H,1-6H3/i7D,14D,15D,33D,34D. The summed E-state index contributed by atoms with van der Waals surface area (Å²) in [6.07, 6.45) is 0. The number of para-hydroxylation sites is 1. The fraction of sp³-hybridized carbons (Fsp3) is 0.0968. The van der Waals surface area contributed by atoms with Crippen LogP contribution in [-0.2, 0) is 16.2 Å². The lowest BCUT2D eigenvalue weighted by atomic mass is 9.33. The first-order valence-corrected chi connectivity index (χ1v) is 33.5. The van der Waals surface area contributed by atoms with Gasteiger partial charge in [0.25, 0.3) is 6.71 Å². The maximum Gasteiger partial charge on any atom is 0.252 e. The Morgan fingerprint density at radius 3 is 1.19 bits per heavy atom. The highest BCUT2D eigenvalue weighted by Crippen LogP contribution is 2.61. The average Bonchev–Trinajstić information content (AvgIpc) is 1.61. The van der Waals surface area contributed by atoms with Gasteiger partial charge < -0.3 is 9.80 Å². The van der Waals surface area contributed by atoms with E-state index in [1.54, 1.807) is 0 Å². The van der Waals surface area contributed by atoms with Gasteiger partial charge in [0.2, 0.25) is 0 Å². The lowest BCUT2D eigenvalue weighted by Crippen LogP contribution is -2.61. The van der Waals surface area contributed by atoms with Crippen molar-refractivity contribution in [1.29, 1.82) is 0 Å². The molecular formula is C93H73BN2. The molecule has 14 aromatic carbocycles. The van der Waals surface area contributed by atoms with Crippen LogP contribution in [0.15, 0.2) is 334 Å². The number of rotatable bonds is 10. The summed E-state index contributed by atoms with van der Waals surface area (Å²) in [5, 5.41) is 0. The number of fused-ring (bicyclic) bond motifs is 7. The molecule has 458 valence electrons. The van der Waals surface area contributed by atoms with E-state index in [1.807, 2.05) is 6.07 Å². The molecule has 14 aromatic rings. The van der Waals surface area contributed by atoms with Gasteiger partial charge in [-0.15, -0.1) is 0 Å². The zero-order valence-electron chi connectivity index (χ0n) is 59.8. The number of anilines is 6. The molecule has 0 saturated heterocycles. The summed E-state index contributed by atoms with van der Waals surface area (Å²) in [6.45, 7) is 13.3. The van der Waals surface area contributed by atoms with Crippen LogP contribution in [0.3, 0.4) is 0 Å². The van der Waals surface area contributed by atoms with Gasteiger partial charge in [0, 0.05) is 45.0 Å². The van der Waals surface area contributed by atoms with Gasteiger partial charge in [-0.25, -0.2) is 0 Å². The molecule has 3 aliphatic rings. The Kier molecular flexibility index (Phi) is 12.8. The first-order chi connectivity index (χ1) is 49.0. The van der Waals surface area contributed by atoms with Gasteiger partial charge in [0.05, 0.1) is 23.6 Å². The third-order valence-corrected chi connectivity index (χ3v) is 20.3. The van der Waals surface area contributed by atoms with Crippen LogP contribution < -0.4 is 26.2 Å². The van der Waals surface area contributed by atoms with Crippen molar-refractivity contribution >= 4 is 57.2 Å². The monoisotopic (exact) mass is 1230 g/mol. The molecule has 0 spiro atoms. The minimum Gasteiger partial charge on any atom is -0.310 e. The average molecular weight is 1230 g/mol. The van der Waals surface area contributed by atoms with Crippen LogP contribution >= 0.6 is 0 Å². The van der Waals surface area contributed by atoms with Gasteiger partial charge in [0.15, 0.2) is 0 Å². The van der Waals surface area contributed by atoms with Crippen molar-refractivity contribution in [3.8, 4) is 77.9 Å². The molecule has 0 N–H and O–H groups in total. The number of hydrogen-bond acceptors (Lipinski definition) is 2. The van der Waals surface area contributed by atoms with E-state index in [0.717, 1.165) is 106 Å². The van der Waals surface area contributed by atoms with Gasteiger partial charge in [0.1, 0.15) is 0 Å². The highest BCUT2D eigenvalue weighted by Gasteiger charge is 2.50. The summed E-state index contributed by atoms with van der Waals surface area (Å²) >= 11 is 0. The summed E-state index contributed by atoms with van der Waals surface area (Å²) in [7, 11) is 0. The molecule has 3 heteroatoms. The quantitative estimate of drug-likeness (QED) is 0.126. The van der Waals surface area contributed by atoms with E-state index in [4.69, 9.17) is 4.11 Å². The molecule has 0 fully saturated rings. The van der Waals surface area contributed by atoms with E-state index >= 15 is 0 Å². The van der Waals surface area contributed by atoms with Crippen molar-refractivity contribution in [2.45, 2.75) is 57.8 Å². The van der Waals surface area contributed by atoms with E-state index in [9.17, 15) is 2.74 Å². The fourth-order valence-electron chi connectivity index (χ4n) is 15.9. The first-order valence-electron chi connectivity index (χ1n) is 36.0. The summed E-state index contributed by atoms with van der Waals surface area (Å²) in [4.78, 5) is 5.13. The van der Waals surface area contributed by atoms with E-state index in [0.29, 0.717) is 5.56 Å². The Morgan fingerprint density at radius 1 is 0.302 bits per heavy atom. The van der Waals surface area contributed by atoms with Gasteiger partial charge in [-0.05, 0) is 165 Å². The molecule has 0 atom stereocenters. The van der Waals surface area contributed by atoms with Crippen LogP contribution in [0.4, 0.5) is 34.1 Å². The Morgan fingerprint density at radius 2 is 0.708 bits per heavy atom. The highest BCUT2D eigenvalue weighted by atomic mass is 15.2. The Labute approximate surface area is 573 Å². The maximum atomic E-state index is 9.59. The van der Waals surface area contributed by atoms with Gasteiger partial charge >= 0.3 is 0 Å². The fourth-order valence-corrected chi connectivity index (χ4v) is 15.9. The summed E-state index contributed by atoms with van der Waals surface area (Å²) in [5.41, 5.74) is 28.5. The molecule has 0 radical (unpaired) electrons. The Bertz CT molecular complexity index is 5410. The maximum absolute atomic E-state index is 9.59. The van der Waals surface area contributed by atoms with Crippen molar-refractivity contribution in [2.75, 3.05) is 9.80 Å². The molecule has 0 unspecified atom stereocenters. The van der Waals surface area contributed by atoms with Crippen LogP contribution in [-0.4, -0.2) is 6.71 Å². The van der Waals surface area contributed by atoms with Gasteiger partial charge in [-0.2, -0.15) is 0 Å². The number of nitrogens with zero attached hydrogens (tertiary/aromatic N) is 2. The van der Waals surface area contributed by atoms with Crippen molar-refractivity contribution in [3.63, 3.8) is 0 Å². The van der Waals surface area contributed by atoms with E-state index < -0.39 is 18.2 Å². The third-order valence-electron chi connectivity index (χ3n) is 20.3. The van der Waals surface area contributed by atoms with E-state index in [1.165, 1.54) is 44.5 Å². The van der Waals surface area contributed by atoms with Gasteiger partial charge in [-0.3, -0.25) is 0 Å². The molecule has 0 bridgehead atoms. The summed E-state index contributed by atoms with van der Waals surface area (Å²) < 4.78 is 46.1. The first kappa shape index (κ1) is 53.2. The molecule has 96 heavy (non-hydrogen) atoms. The minimum absolute atomic E-state index is 0.153. The second-order valence-electron chi connectivity index (χ2n) is 27.9. The lowest BCUT2D eigenvalue weighted by Gasteiger charge is -2.46. The zero-order valence-corrected chi connectivity index (χ0v) is 54.8. The molecule has 2 nitrogen and oxygen atoms in total. The highest BCUT2D eigenvalue weighted by molar-refractivity contribution is 7.00. The largest absolute Gasteiger partial charge is 0.310 e. The smallest absolute Gasteiger partial charge is 0.252 e. The van der Waals surface area contributed by atoms with Crippen molar-refractivity contribution in [3.05, 3.63) is 367 Å². The van der Waals surface area contributed by atoms with E-state index in [-0.39, 0.29) is 40.6 Å². The number of hydrogen-bond donors (Lipinski definition) is 0. The van der Waals surface area contributed by atoms with Crippen LogP contribution in [0.25, 0.3) is 77.9 Å². The molecular weight excluding hydrogens is 1160 g/mol. The summed E-state index contributed by atoms with van der Waals surface area (Å²) in [6, 6.07) is 110. The van der Waals surface area contributed by atoms with Gasteiger partial charge in [-0.1, -0.05) is 327 Å². The molecule has 2 aliphatic heterocycles. The normalized spacial score (nSPS) is 14.1. The SMILES string of the molecule is [2H]c1c([2H])c([2H])c(-c2ccc3c(c2)B2c4ccccc4N(c4c(-c5ccccc5)cc(C(C)(C)C)cc4-c4ccccc4)c4cc(-c5cccc6c5C(c5ccccc5)(c5ccccc5)c5ccccc5-6)cc(c42)N3c2c(-c3ccccc3)cc(C(C)(C)C)cc2-c2ccccc2)c([2H])c1[2H]. The third kappa shape index (κ3) is 9.46. The van der Waals surface area contributed by atoms with Crippen LogP contribution in [0.2, 0.25) is 0 Å². The molecule has 0 aromatic heterocycles. The predicted octanol–water partition coefficient (Wildman–Crippen LogP) is 22.7. The number of benzene rings is 14. The molecule has 17 rings (SSSR count). The minimum atomic E-state index is -0.771. The second-order valence-corrected chi connectivity index (χ2v) is 27.9. The van der Waals surface area contributed by atoms with Crippen LogP contribution in [0.5, 0.6) is 0 Å². The second kappa shape index (κ2) is 23.0. The van der Waals surface area contributed by atoms with Crippen LogP contribution in [0.1, 0.15) is 81.8 Å². The summed E-state index contributed by atoms with van der Waals surface area (Å²) in [5.74, 6) is 0. The predicted molar refractivity (Wildman–Crippen MR) is 408 cm³/mol. The molecule has 0 amide bonds. The Hall–Kier alpha value is -11.3.